The van der Waals surface area contributed by atoms with Crippen molar-refractivity contribution in [1.29, 1.82) is 0 Å². The number of hydrogen-bond donors (Lipinski definition) is 1. The molecule has 0 aromatic carbocycles. The molecule has 94 valence electrons. The maximum atomic E-state index is 11.3. The van der Waals surface area contributed by atoms with Crippen molar-refractivity contribution < 1.29 is 8.42 Å². The second kappa shape index (κ2) is 4.34. The number of hydrogen-bond acceptors (Lipinski definition) is 5. The molecule has 1 aromatic heterocycles. The zero-order valence-electron chi connectivity index (χ0n) is 10.3. The molecule has 5 nitrogen and oxygen atoms in total. The van der Waals surface area contributed by atoms with Crippen LogP contribution >= 0.6 is 0 Å². The van der Waals surface area contributed by atoms with Gasteiger partial charge in [0.15, 0.2) is 9.84 Å². The van der Waals surface area contributed by atoms with Crippen molar-refractivity contribution in [3.05, 3.63) is 22.8 Å². The molecule has 6 heteroatoms. The van der Waals surface area contributed by atoms with Crippen LogP contribution < -0.4 is 5.32 Å². The number of rotatable bonds is 3. The average molecular weight is 255 g/mol. The Balaban J connectivity index is 2.47. The van der Waals surface area contributed by atoms with Gasteiger partial charge in [-0.1, -0.05) is 13.8 Å². The second-order valence-corrected chi connectivity index (χ2v) is 6.92. The Kier molecular flexibility index (Phi) is 3.18. The molecule has 0 amide bonds. The van der Waals surface area contributed by atoms with Gasteiger partial charge in [-0.25, -0.2) is 18.4 Å². The third-order valence-electron chi connectivity index (χ3n) is 2.70. The molecule has 0 fully saturated rings. The summed E-state index contributed by atoms with van der Waals surface area (Å²) in [6, 6.07) is 0. The number of fused-ring (bicyclic) bond motifs is 1. The van der Waals surface area contributed by atoms with Crippen LogP contribution in [0, 0.1) is 0 Å². The molecule has 1 N–H and O–H groups in total. The summed E-state index contributed by atoms with van der Waals surface area (Å²) in [7, 11) is -3.08. The van der Waals surface area contributed by atoms with Gasteiger partial charge in [-0.2, -0.15) is 0 Å². The minimum absolute atomic E-state index is 0.0833. The molecule has 1 aliphatic rings. The highest BCUT2D eigenvalue weighted by molar-refractivity contribution is 7.89. The van der Waals surface area contributed by atoms with Gasteiger partial charge in [-0.05, 0) is 5.92 Å². The van der Waals surface area contributed by atoms with E-state index in [9.17, 15) is 8.42 Å². The Labute approximate surface area is 102 Å². The summed E-state index contributed by atoms with van der Waals surface area (Å²) in [5.74, 6) is 0.614. The SMILES string of the molecule is CC(C)c1nc(CS(C)(=O)=O)nc2c1CNC2. The molecule has 0 saturated heterocycles. The molecule has 1 aromatic rings. The highest BCUT2D eigenvalue weighted by Gasteiger charge is 2.21. The minimum Gasteiger partial charge on any atom is -0.307 e. The number of nitrogens with zero attached hydrogens (tertiary/aromatic N) is 2. The monoisotopic (exact) mass is 255 g/mol. The molecular formula is C11H17N3O2S. The van der Waals surface area contributed by atoms with Crippen molar-refractivity contribution in [2.24, 2.45) is 0 Å². The molecule has 0 radical (unpaired) electrons. The van der Waals surface area contributed by atoms with E-state index in [1.807, 2.05) is 0 Å². The number of sulfone groups is 1. The van der Waals surface area contributed by atoms with Gasteiger partial charge in [-0.3, -0.25) is 0 Å². The zero-order valence-corrected chi connectivity index (χ0v) is 11.1. The topological polar surface area (TPSA) is 72.0 Å². The van der Waals surface area contributed by atoms with Gasteiger partial charge >= 0.3 is 0 Å². The van der Waals surface area contributed by atoms with E-state index in [1.54, 1.807) is 0 Å². The summed E-state index contributed by atoms with van der Waals surface area (Å²) in [6.45, 7) is 5.60. The average Bonchev–Trinajstić information content (AvgIpc) is 2.60. The lowest BCUT2D eigenvalue weighted by molar-refractivity contribution is 0.599. The molecule has 17 heavy (non-hydrogen) atoms. The quantitative estimate of drug-likeness (QED) is 0.863. The van der Waals surface area contributed by atoms with Crippen LogP contribution in [0.25, 0.3) is 0 Å². The Morgan fingerprint density at radius 2 is 2.00 bits per heavy atom. The van der Waals surface area contributed by atoms with Crippen LogP contribution in [-0.4, -0.2) is 24.6 Å². The summed E-state index contributed by atoms with van der Waals surface area (Å²) >= 11 is 0. The molecule has 2 heterocycles. The zero-order chi connectivity index (χ0) is 12.6. The molecule has 0 saturated carbocycles. The molecule has 0 atom stereocenters. The lowest BCUT2D eigenvalue weighted by Gasteiger charge is -2.11. The summed E-state index contributed by atoms with van der Waals surface area (Å²) in [5, 5.41) is 3.22. The largest absolute Gasteiger partial charge is 0.307 e. The van der Waals surface area contributed by atoms with Crippen molar-refractivity contribution >= 4 is 9.84 Å². The van der Waals surface area contributed by atoms with E-state index < -0.39 is 9.84 Å². The van der Waals surface area contributed by atoms with E-state index >= 15 is 0 Å². The molecule has 0 spiro atoms. The summed E-state index contributed by atoms with van der Waals surface area (Å²) in [6.07, 6.45) is 1.21. The fourth-order valence-electron chi connectivity index (χ4n) is 2.02. The van der Waals surface area contributed by atoms with Crippen LogP contribution in [0.5, 0.6) is 0 Å². The van der Waals surface area contributed by atoms with E-state index in [0.29, 0.717) is 12.4 Å². The maximum Gasteiger partial charge on any atom is 0.154 e. The van der Waals surface area contributed by atoms with Gasteiger partial charge < -0.3 is 5.32 Å². The molecular weight excluding hydrogens is 238 g/mol. The number of nitrogens with one attached hydrogen (secondary N) is 1. The second-order valence-electron chi connectivity index (χ2n) is 4.78. The molecule has 1 aliphatic heterocycles. The first-order valence-corrected chi connectivity index (χ1v) is 7.70. The van der Waals surface area contributed by atoms with Crippen LogP contribution in [0.2, 0.25) is 0 Å². The van der Waals surface area contributed by atoms with Gasteiger partial charge in [0.05, 0.1) is 11.4 Å². The third kappa shape index (κ3) is 2.81. The van der Waals surface area contributed by atoms with Gasteiger partial charge in [0.25, 0.3) is 0 Å². The van der Waals surface area contributed by atoms with Crippen LogP contribution in [0.1, 0.15) is 42.5 Å². The lowest BCUT2D eigenvalue weighted by Crippen LogP contribution is -2.11. The van der Waals surface area contributed by atoms with E-state index in [4.69, 9.17) is 0 Å². The highest BCUT2D eigenvalue weighted by atomic mass is 32.2. The highest BCUT2D eigenvalue weighted by Crippen LogP contribution is 2.23. The van der Waals surface area contributed by atoms with Gasteiger partial charge in [0, 0.05) is 24.9 Å². The Morgan fingerprint density at radius 3 is 2.59 bits per heavy atom. The van der Waals surface area contributed by atoms with Crippen LogP contribution in [0.15, 0.2) is 0 Å². The first-order valence-electron chi connectivity index (χ1n) is 5.64. The van der Waals surface area contributed by atoms with Crippen molar-refractivity contribution in [2.45, 2.75) is 38.6 Å². The first kappa shape index (κ1) is 12.4. The van der Waals surface area contributed by atoms with E-state index in [1.165, 1.54) is 6.26 Å². The smallest absolute Gasteiger partial charge is 0.154 e. The van der Waals surface area contributed by atoms with Crippen molar-refractivity contribution in [1.82, 2.24) is 15.3 Å². The molecule has 0 unspecified atom stereocenters. The van der Waals surface area contributed by atoms with Crippen LogP contribution in [0.4, 0.5) is 0 Å². The predicted molar refractivity (Wildman–Crippen MR) is 65.2 cm³/mol. The molecule has 2 rings (SSSR count). The van der Waals surface area contributed by atoms with Crippen LogP contribution in [-0.2, 0) is 28.7 Å². The fourth-order valence-corrected chi connectivity index (χ4v) is 2.62. The minimum atomic E-state index is -3.08. The number of aromatic nitrogens is 2. The van der Waals surface area contributed by atoms with Crippen molar-refractivity contribution in [3.63, 3.8) is 0 Å². The predicted octanol–water partition coefficient (Wildman–Crippen LogP) is 0.748. The van der Waals surface area contributed by atoms with E-state index in [2.05, 4.69) is 29.1 Å². The summed E-state index contributed by atoms with van der Waals surface area (Å²) in [4.78, 5) is 8.73. The van der Waals surface area contributed by atoms with Crippen LogP contribution in [0.3, 0.4) is 0 Å². The Bertz CT molecular complexity index is 538. The Hall–Kier alpha value is -1.01. The normalized spacial score (nSPS) is 15.3. The van der Waals surface area contributed by atoms with Crippen molar-refractivity contribution in [3.8, 4) is 0 Å². The fraction of sp³-hybridized carbons (Fsp3) is 0.636. The van der Waals surface area contributed by atoms with Crippen molar-refractivity contribution in [2.75, 3.05) is 6.26 Å². The third-order valence-corrected chi connectivity index (χ3v) is 3.49. The lowest BCUT2D eigenvalue weighted by atomic mass is 10.0. The standard InChI is InChI=1S/C11H17N3O2S/c1-7(2)11-8-4-12-5-9(8)13-10(14-11)6-17(3,15)16/h7,12H,4-6H2,1-3H3. The first-order chi connectivity index (χ1) is 7.87. The van der Waals surface area contributed by atoms with E-state index in [0.717, 1.165) is 23.5 Å². The van der Waals surface area contributed by atoms with Gasteiger partial charge in [0.2, 0.25) is 0 Å². The Morgan fingerprint density at radius 1 is 1.29 bits per heavy atom. The molecule has 0 aliphatic carbocycles. The van der Waals surface area contributed by atoms with Gasteiger partial charge in [-0.15, -0.1) is 0 Å². The van der Waals surface area contributed by atoms with E-state index in [-0.39, 0.29) is 11.7 Å². The summed E-state index contributed by atoms with van der Waals surface area (Å²) in [5.41, 5.74) is 3.05. The van der Waals surface area contributed by atoms with Gasteiger partial charge in [0.1, 0.15) is 11.6 Å². The molecule has 0 bridgehead atoms. The maximum absolute atomic E-state index is 11.3. The summed E-state index contributed by atoms with van der Waals surface area (Å²) < 4.78 is 22.6.